The predicted octanol–water partition coefficient (Wildman–Crippen LogP) is 3.62. The van der Waals surface area contributed by atoms with E-state index in [0.717, 1.165) is 12.1 Å². The Balaban J connectivity index is 1.71. The van der Waals surface area contributed by atoms with Crippen LogP contribution in [0.5, 0.6) is 0 Å². The summed E-state index contributed by atoms with van der Waals surface area (Å²) in [5, 5.41) is 11.7. The first-order valence-corrected chi connectivity index (χ1v) is 9.02. The van der Waals surface area contributed by atoms with Crippen LogP contribution in [0, 0.1) is 11.6 Å². The van der Waals surface area contributed by atoms with E-state index < -0.39 is 29.6 Å². The Morgan fingerprint density at radius 3 is 1.93 bits per heavy atom. The maximum Gasteiger partial charge on any atom is 0.326 e. The summed E-state index contributed by atoms with van der Waals surface area (Å²) in [6.07, 6.45) is -0.0708. The van der Waals surface area contributed by atoms with Crippen molar-refractivity contribution in [2.75, 3.05) is 0 Å². The molecule has 0 saturated carbocycles. The van der Waals surface area contributed by atoms with Gasteiger partial charge in [-0.05, 0) is 17.7 Å². The number of carbonyl (C=O) groups excluding carboxylic acids is 2. The Morgan fingerprint density at radius 2 is 1.37 bits per heavy atom. The van der Waals surface area contributed by atoms with E-state index in [1.807, 2.05) is 0 Å². The monoisotopic (exact) mass is 409 g/mol. The zero-order chi connectivity index (χ0) is 21.7. The van der Waals surface area contributed by atoms with Gasteiger partial charge < -0.3 is 10.4 Å². The predicted molar refractivity (Wildman–Crippen MR) is 105 cm³/mol. The summed E-state index contributed by atoms with van der Waals surface area (Å²) in [5.41, 5.74) is 1.22. The van der Waals surface area contributed by atoms with Gasteiger partial charge in [-0.25, -0.2) is 13.6 Å². The molecule has 0 unspecified atom stereocenters. The number of halogens is 2. The SMILES string of the molecule is O=C(N[C@H](Cc1ccc(C(=O)c2ccccc2)cc1)C(=O)O)c1cc(F)cc(F)c1. The molecule has 0 aliphatic carbocycles. The molecule has 0 aromatic heterocycles. The molecule has 0 aliphatic rings. The van der Waals surface area contributed by atoms with E-state index in [-0.39, 0.29) is 17.8 Å². The highest BCUT2D eigenvalue weighted by Crippen LogP contribution is 2.13. The fourth-order valence-corrected chi connectivity index (χ4v) is 2.91. The average Bonchev–Trinajstić information content (AvgIpc) is 2.73. The van der Waals surface area contributed by atoms with E-state index >= 15 is 0 Å². The van der Waals surface area contributed by atoms with Crippen molar-refractivity contribution in [1.82, 2.24) is 5.32 Å². The minimum absolute atomic E-state index is 0.0708. The molecule has 30 heavy (non-hydrogen) atoms. The number of benzene rings is 3. The Bertz CT molecular complexity index is 1060. The Labute approximate surface area is 171 Å². The molecule has 0 fully saturated rings. The third kappa shape index (κ3) is 5.14. The lowest BCUT2D eigenvalue weighted by atomic mass is 9.99. The molecule has 0 saturated heterocycles. The molecule has 0 heterocycles. The Morgan fingerprint density at radius 1 is 0.800 bits per heavy atom. The van der Waals surface area contributed by atoms with Crippen molar-refractivity contribution < 1.29 is 28.3 Å². The third-order valence-electron chi connectivity index (χ3n) is 4.42. The normalized spacial score (nSPS) is 11.5. The second kappa shape index (κ2) is 9.09. The first kappa shape index (κ1) is 20.9. The van der Waals surface area contributed by atoms with Gasteiger partial charge in [0.1, 0.15) is 17.7 Å². The lowest BCUT2D eigenvalue weighted by Gasteiger charge is -2.15. The van der Waals surface area contributed by atoms with Gasteiger partial charge in [0.05, 0.1) is 0 Å². The second-order valence-corrected chi connectivity index (χ2v) is 6.62. The summed E-state index contributed by atoms with van der Waals surface area (Å²) < 4.78 is 26.6. The number of ketones is 1. The smallest absolute Gasteiger partial charge is 0.326 e. The summed E-state index contributed by atoms with van der Waals surface area (Å²) in [4.78, 5) is 36.2. The number of carboxylic acid groups (broad SMARTS) is 1. The van der Waals surface area contributed by atoms with Crippen LogP contribution in [0.25, 0.3) is 0 Å². The van der Waals surface area contributed by atoms with Crippen LogP contribution >= 0.6 is 0 Å². The van der Waals surface area contributed by atoms with Crippen molar-refractivity contribution in [1.29, 1.82) is 0 Å². The molecule has 0 radical (unpaired) electrons. The first-order valence-electron chi connectivity index (χ1n) is 9.02. The highest BCUT2D eigenvalue weighted by molar-refractivity contribution is 6.08. The van der Waals surface area contributed by atoms with Gasteiger partial charge in [0.15, 0.2) is 5.78 Å². The number of hydrogen-bond donors (Lipinski definition) is 2. The summed E-state index contributed by atoms with van der Waals surface area (Å²) in [6, 6.07) is 16.0. The molecule has 0 bridgehead atoms. The molecule has 2 N–H and O–H groups in total. The van der Waals surface area contributed by atoms with Gasteiger partial charge in [0.25, 0.3) is 5.91 Å². The lowest BCUT2D eigenvalue weighted by Crippen LogP contribution is -2.42. The van der Waals surface area contributed by atoms with Crippen molar-refractivity contribution >= 4 is 17.7 Å². The van der Waals surface area contributed by atoms with Crippen molar-refractivity contribution in [3.05, 3.63) is 107 Å². The van der Waals surface area contributed by atoms with Crippen LogP contribution in [0.2, 0.25) is 0 Å². The van der Waals surface area contributed by atoms with Gasteiger partial charge in [0, 0.05) is 29.2 Å². The lowest BCUT2D eigenvalue weighted by molar-refractivity contribution is -0.139. The minimum atomic E-state index is -1.32. The molecule has 7 heteroatoms. The number of amides is 1. The van der Waals surface area contributed by atoms with E-state index in [4.69, 9.17) is 0 Å². The second-order valence-electron chi connectivity index (χ2n) is 6.62. The molecule has 1 amide bonds. The fraction of sp³-hybridized carbons (Fsp3) is 0.0870. The molecular weight excluding hydrogens is 392 g/mol. The van der Waals surface area contributed by atoms with Crippen molar-refractivity contribution in [3.63, 3.8) is 0 Å². The molecule has 5 nitrogen and oxygen atoms in total. The molecule has 152 valence electrons. The van der Waals surface area contributed by atoms with E-state index in [2.05, 4.69) is 5.32 Å². The number of nitrogens with one attached hydrogen (secondary N) is 1. The van der Waals surface area contributed by atoms with Crippen LogP contribution in [-0.2, 0) is 11.2 Å². The Kier molecular flexibility index (Phi) is 6.32. The van der Waals surface area contributed by atoms with Crippen LogP contribution < -0.4 is 5.32 Å². The van der Waals surface area contributed by atoms with Crippen LogP contribution in [0.4, 0.5) is 8.78 Å². The van der Waals surface area contributed by atoms with E-state index in [1.165, 1.54) is 0 Å². The van der Waals surface area contributed by atoms with Gasteiger partial charge in [-0.15, -0.1) is 0 Å². The zero-order valence-corrected chi connectivity index (χ0v) is 15.6. The van der Waals surface area contributed by atoms with Gasteiger partial charge in [-0.2, -0.15) is 0 Å². The zero-order valence-electron chi connectivity index (χ0n) is 15.6. The van der Waals surface area contributed by atoms with Gasteiger partial charge >= 0.3 is 5.97 Å². The summed E-state index contributed by atoms with van der Waals surface area (Å²) >= 11 is 0. The van der Waals surface area contributed by atoms with Gasteiger partial charge in [0.2, 0.25) is 0 Å². The van der Waals surface area contributed by atoms with E-state index in [0.29, 0.717) is 22.8 Å². The fourth-order valence-electron chi connectivity index (χ4n) is 2.91. The van der Waals surface area contributed by atoms with Crippen LogP contribution in [0.1, 0.15) is 31.8 Å². The average molecular weight is 409 g/mol. The van der Waals surface area contributed by atoms with Crippen LogP contribution in [0.15, 0.2) is 72.8 Å². The topological polar surface area (TPSA) is 83.5 Å². The summed E-state index contributed by atoms with van der Waals surface area (Å²) in [7, 11) is 0. The van der Waals surface area contributed by atoms with Crippen molar-refractivity contribution in [2.24, 2.45) is 0 Å². The van der Waals surface area contributed by atoms with Crippen molar-refractivity contribution in [2.45, 2.75) is 12.5 Å². The largest absolute Gasteiger partial charge is 0.480 e. The number of hydrogen-bond acceptors (Lipinski definition) is 3. The van der Waals surface area contributed by atoms with Crippen molar-refractivity contribution in [3.8, 4) is 0 Å². The number of carboxylic acids is 1. The maximum absolute atomic E-state index is 13.3. The van der Waals surface area contributed by atoms with Crippen LogP contribution in [0.3, 0.4) is 0 Å². The molecule has 3 rings (SSSR count). The molecule has 1 atom stereocenters. The molecule has 3 aromatic carbocycles. The first-order chi connectivity index (χ1) is 14.3. The summed E-state index contributed by atoms with van der Waals surface area (Å²) in [6.45, 7) is 0. The third-order valence-corrected chi connectivity index (χ3v) is 4.42. The molecule has 0 aliphatic heterocycles. The number of aliphatic carboxylic acids is 1. The molecule has 0 spiro atoms. The van der Waals surface area contributed by atoms with Crippen LogP contribution in [-0.4, -0.2) is 28.8 Å². The van der Waals surface area contributed by atoms with Gasteiger partial charge in [-0.1, -0.05) is 54.6 Å². The van der Waals surface area contributed by atoms with E-state index in [9.17, 15) is 28.3 Å². The molecule has 3 aromatic rings. The quantitative estimate of drug-likeness (QED) is 0.584. The number of carbonyl (C=O) groups is 3. The van der Waals surface area contributed by atoms with E-state index in [1.54, 1.807) is 54.6 Å². The maximum atomic E-state index is 13.3. The minimum Gasteiger partial charge on any atom is -0.480 e. The Hall–Kier alpha value is -3.87. The summed E-state index contributed by atoms with van der Waals surface area (Å²) in [5.74, 6) is -4.25. The van der Waals surface area contributed by atoms with Gasteiger partial charge in [-0.3, -0.25) is 9.59 Å². The highest BCUT2D eigenvalue weighted by atomic mass is 19.1. The molecular formula is C23H17F2NO4. The highest BCUT2D eigenvalue weighted by Gasteiger charge is 2.22. The number of rotatable bonds is 7. The standard InChI is InChI=1S/C23H17F2NO4/c24-18-11-17(12-19(25)13-18)22(28)26-20(23(29)30)10-14-6-8-16(9-7-14)21(27)15-4-2-1-3-5-15/h1-9,11-13,20H,10H2,(H,26,28)(H,29,30)/t20-/m1/s1.